The molecule has 2 aliphatic rings. The predicted molar refractivity (Wildman–Crippen MR) is 168 cm³/mol. The molecule has 0 unspecified atom stereocenters. The highest BCUT2D eigenvalue weighted by Crippen LogP contribution is 2.67. The number of para-hydroxylation sites is 1. The zero-order valence-corrected chi connectivity index (χ0v) is 25.6. The van der Waals surface area contributed by atoms with E-state index in [1.165, 1.54) is 10.9 Å². The smallest absolute Gasteiger partial charge is 0.250 e. The van der Waals surface area contributed by atoms with Crippen LogP contribution in [0.4, 0.5) is 5.69 Å². The molecule has 2 fully saturated rings. The van der Waals surface area contributed by atoms with Crippen LogP contribution in [0.3, 0.4) is 0 Å². The van der Waals surface area contributed by atoms with E-state index in [0.717, 1.165) is 28.5 Å². The van der Waals surface area contributed by atoms with Gasteiger partial charge in [0.25, 0.3) is 0 Å². The predicted octanol–water partition coefficient (Wildman–Crippen LogP) is 7.14. The van der Waals surface area contributed by atoms with E-state index in [1.54, 1.807) is 13.4 Å². The molecule has 6 rings (SSSR count). The molecule has 7 nitrogen and oxygen atoms in total. The third-order valence-corrected chi connectivity index (χ3v) is 10.5. The molecule has 2 aromatic heterocycles. The SMILES string of the molecule is COc1ccc(NC(=O)C2(N(Cc3ccco3)C(=O)C[C@@H]3[C@@H](c4c(C)[nH]c5ccccc45)C3(C)C)CCSCC2)cc1. The Bertz CT molecular complexity index is 1570. The number of aromatic amines is 1. The van der Waals surface area contributed by atoms with Crippen LogP contribution in [-0.2, 0) is 16.1 Å². The van der Waals surface area contributed by atoms with Crippen molar-refractivity contribution in [2.45, 2.75) is 58.0 Å². The Morgan fingerprint density at radius 3 is 2.50 bits per heavy atom. The van der Waals surface area contributed by atoms with E-state index >= 15 is 0 Å². The summed E-state index contributed by atoms with van der Waals surface area (Å²) in [6.07, 6.45) is 3.18. The van der Waals surface area contributed by atoms with Gasteiger partial charge in [-0.3, -0.25) is 9.59 Å². The fourth-order valence-corrected chi connectivity index (χ4v) is 8.15. The van der Waals surface area contributed by atoms with Crippen LogP contribution in [0.2, 0.25) is 0 Å². The van der Waals surface area contributed by atoms with Gasteiger partial charge >= 0.3 is 0 Å². The highest BCUT2D eigenvalue weighted by molar-refractivity contribution is 7.99. The number of H-pyrrole nitrogens is 1. The van der Waals surface area contributed by atoms with Crippen LogP contribution in [0, 0.1) is 18.3 Å². The summed E-state index contributed by atoms with van der Waals surface area (Å²) in [5.41, 5.74) is 3.28. The number of benzene rings is 2. The lowest BCUT2D eigenvalue weighted by Gasteiger charge is -2.44. The first-order valence-electron chi connectivity index (χ1n) is 14.7. The van der Waals surface area contributed by atoms with Gasteiger partial charge in [-0.2, -0.15) is 11.8 Å². The van der Waals surface area contributed by atoms with Gasteiger partial charge in [-0.1, -0.05) is 32.0 Å². The van der Waals surface area contributed by atoms with Gasteiger partial charge in [0.05, 0.1) is 19.9 Å². The minimum absolute atomic E-state index is 0.00116. The van der Waals surface area contributed by atoms with Crippen LogP contribution < -0.4 is 10.1 Å². The van der Waals surface area contributed by atoms with Crippen LogP contribution in [0.25, 0.3) is 10.9 Å². The second-order valence-electron chi connectivity index (χ2n) is 12.2. The molecule has 220 valence electrons. The molecule has 2 amide bonds. The summed E-state index contributed by atoms with van der Waals surface area (Å²) in [6, 6.07) is 19.4. The third kappa shape index (κ3) is 5.10. The Labute approximate surface area is 251 Å². The Kier molecular flexibility index (Phi) is 7.60. The van der Waals surface area contributed by atoms with Crippen molar-refractivity contribution < 1.29 is 18.7 Å². The van der Waals surface area contributed by atoms with Crippen molar-refractivity contribution in [3.8, 4) is 5.75 Å². The third-order valence-electron chi connectivity index (χ3n) is 9.50. The Morgan fingerprint density at radius 1 is 1.07 bits per heavy atom. The number of rotatable bonds is 9. The number of thioether (sulfide) groups is 1. The molecule has 0 radical (unpaired) electrons. The number of furan rings is 1. The molecule has 2 aromatic carbocycles. The topological polar surface area (TPSA) is 87.6 Å². The number of hydrogen-bond donors (Lipinski definition) is 2. The van der Waals surface area contributed by atoms with E-state index in [-0.39, 0.29) is 35.6 Å². The molecule has 1 saturated heterocycles. The number of hydrogen-bond acceptors (Lipinski definition) is 5. The first-order chi connectivity index (χ1) is 20.2. The van der Waals surface area contributed by atoms with Crippen molar-refractivity contribution in [2.75, 3.05) is 23.9 Å². The fourth-order valence-electron chi connectivity index (χ4n) is 6.98. The van der Waals surface area contributed by atoms with Crippen molar-refractivity contribution >= 4 is 40.2 Å². The number of anilines is 1. The van der Waals surface area contributed by atoms with Crippen LogP contribution in [0.5, 0.6) is 5.75 Å². The van der Waals surface area contributed by atoms with Crippen molar-refractivity contribution in [3.63, 3.8) is 0 Å². The average Bonchev–Trinajstić information content (AvgIpc) is 3.36. The van der Waals surface area contributed by atoms with Crippen LogP contribution in [0.15, 0.2) is 71.3 Å². The van der Waals surface area contributed by atoms with Crippen LogP contribution in [-0.4, -0.2) is 45.9 Å². The largest absolute Gasteiger partial charge is 0.497 e. The van der Waals surface area contributed by atoms with E-state index in [0.29, 0.717) is 30.7 Å². The number of aromatic nitrogens is 1. The molecule has 42 heavy (non-hydrogen) atoms. The summed E-state index contributed by atoms with van der Waals surface area (Å²) in [7, 11) is 1.62. The summed E-state index contributed by atoms with van der Waals surface area (Å²) in [4.78, 5) is 34.1. The highest BCUT2D eigenvalue weighted by atomic mass is 32.2. The van der Waals surface area contributed by atoms with E-state index in [1.807, 2.05) is 59.1 Å². The molecule has 4 aromatic rings. The van der Waals surface area contributed by atoms with Crippen molar-refractivity contribution in [3.05, 3.63) is 83.9 Å². The first-order valence-corrected chi connectivity index (χ1v) is 15.8. The Balaban J connectivity index is 1.31. The van der Waals surface area contributed by atoms with Crippen LogP contribution in [0.1, 0.15) is 56.0 Å². The molecule has 1 aliphatic carbocycles. The van der Waals surface area contributed by atoms with Crippen molar-refractivity contribution in [1.29, 1.82) is 0 Å². The van der Waals surface area contributed by atoms with E-state index in [4.69, 9.17) is 9.15 Å². The van der Waals surface area contributed by atoms with E-state index < -0.39 is 5.54 Å². The fraction of sp³-hybridized carbons (Fsp3) is 0.412. The molecular formula is C34H39N3O4S. The van der Waals surface area contributed by atoms with Gasteiger partial charge in [0.2, 0.25) is 11.8 Å². The molecule has 8 heteroatoms. The minimum atomic E-state index is -0.972. The lowest BCUT2D eigenvalue weighted by atomic mass is 9.87. The number of nitrogens with one attached hydrogen (secondary N) is 2. The number of carbonyl (C=O) groups is 2. The summed E-state index contributed by atoms with van der Waals surface area (Å²) in [5.74, 6) is 3.30. The highest BCUT2D eigenvalue weighted by Gasteiger charge is 2.60. The first kappa shape index (κ1) is 28.5. The number of carbonyl (C=O) groups excluding carboxylic acids is 2. The van der Waals surface area contributed by atoms with Crippen molar-refractivity contribution in [2.24, 2.45) is 11.3 Å². The van der Waals surface area contributed by atoms with Crippen LogP contribution >= 0.6 is 11.8 Å². The minimum Gasteiger partial charge on any atom is -0.497 e. The normalized spacial score (nSPS) is 20.7. The summed E-state index contributed by atoms with van der Waals surface area (Å²) < 4.78 is 11.0. The quantitative estimate of drug-likeness (QED) is 0.218. The van der Waals surface area contributed by atoms with Gasteiger partial charge in [-0.15, -0.1) is 0 Å². The lowest BCUT2D eigenvalue weighted by molar-refractivity contribution is -0.148. The second-order valence-corrected chi connectivity index (χ2v) is 13.4. The molecule has 0 bridgehead atoms. The maximum atomic E-state index is 14.5. The molecule has 0 spiro atoms. The lowest BCUT2D eigenvalue weighted by Crippen LogP contribution is -2.60. The van der Waals surface area contributed by atoms with Gasteiger partial charge in [0.15, 0.2) is 0 Å². The number of fused-ring (bicyclic) bond motifs is 1. The van der Waals surface area contributed by atoms with Crippen molar-refractivity contribution in [1.82, 2.24) is 9.88 Å². The molecular weight excluding hydrogens is 546 g/mol. The van der Waals surface area contributed by atoms with Gasteiger partial charge in [0, 0.05) is 28.7 Å². The monoisotopic (exact) mass is 585 g/mol. The summed E-state index contributed by atoms with van der Waals surface area (Å²) in [5, 5.41) is 4.36. The summed E-state index contributed by atoms with van der Waals surface area (Å²) >= 11 is 1.83. The maximum absolute atomic E-state index is 14.5. The zero-order chi connectivity index (χ0) is 29.5. The number of methoxy groups -OCH3 is 1. The Hall–Kier alpha value is -3.65. The molecule has 2 N–H and O–H groups in total. The van der Waals surface area contributed by atoms with Gasteiger partial charge in [-0.05, 0) is 96.5 Å². The zero-order valence-electron chi connectivity index (χ0n) is 24.7. The van der Waals surface area contributed by atoms with E-state index in [2.05, 4.69) is 49.3 Å². The number of nitrogens with zero attached hydrogens (tertiary/aromatic N) is 1. The second kappa shape index (κ2) is 11.2. The number of aryl methyl sites for hydroxylation is 1. The Morgan fingerprint density at radius 2 is 1.81 bits per heavy atom. The van der Waals surface area contributed by atoms with Gasteiger partial charge in [0.1, 0.15) is 17.0 Å². The molecule has 1 saturated carbocycles. The standard InChI is InChI=1S/C34H39N3O4S/c1-22-30(26-9-5-6-10-28(26)35-22)31-27(33(31,2)3)20-29(38)37(21-25-8-7-17-41-25)34(15-18-42-19-16-34)32(39)36-23-11-13-24(40-4)14-12-23/h5-14,17,27,31,35H,15-16,18-21H2,1-4H3,(H,36,39)/t27-,31+/m1/s1. The van der Waals surface area contributed by atoms with Gasteiger partial charge in [-0.25, -0.2) is 0 Å². The molecule has 1 aliphatic heterocycles. The van der Waals surface area contributed by atoms with Gasteiger partial charge < -0.3 is 24.4 Å². The molecule has 3 heterocycles. The van der Waals surface area contributed by atoms with E-state index in [9.17, 15) is 9.59 Å². The molecule has 2 atom stereocenters. The number of ether oxygens (including phenoxy) is 1. The average molecular weight is 586 g/mol. The number of amides is 2. The maximum Gasteiger partial charge on any atom is 0.250 e. The summed E-state index contributed by atoms with van der Waals surface area (Å²) in [6.45, 7) is 6.91.